The highest BCUT2D eigenvalue weighted by Crippen LogP contribution is 2.26. The standard InChI is InChI=1S/C23H20F2N4O/c1-4-15-5-8-17(9-6-15)29-22-21(14(3)28-29)18(11-13(2)26-22)23(30)27-20-12-16(24)7-10-19(20)25/h5-12H,4H2,1-3H3,(H,27,30). The van der Waals surface area contributed by atoms with Crippen molar-refractivity contribution in [2.45, 2.75) is 27.2 Å². The molecular formula is C23H20F2N4O. The fourth-order valence-electron chi connectivity index (χ4n) is 3.43. The van der Waals surface area contributed by atoms with Gasteiger partial charge in [-0.2, -0.15) is 5.10 Å². The third kappa shape index (κ3) is 3.54. The van der Waals surface area contributed by atoms with Crippen LogP contribution in [0.5, 0.6) is 0 Å². The van der Waals surface area contributed by atoms with Crippen LogP contribution in [0.1, 0.15) is 34.2 Å². The molecule has 0 fully saturated rings. The third-order valence-corrected chi connectivity index (χ3v) is 4.95. The van der Waals surface area contributed by atoms with Crippen molar-refractivity contribution in [2.24, 2.45) is 0 Å². The highest BCUT2D eigenvalue weighted by Gasteiger charge is 2.20. The molecule has 5 nitrogen and oxygen atoms in total. The molecule has 0 unspecified atom stereocenters. The van der Waals surface area contributed by atoms with Crippen LogP contribution in [0.15, 0.2) is 48.5 Å². The number of aryl methyl sites for hydroxylation is 3. The number of carbonyl (C=O) groups is 1. The van der Waals surface area contributed by atoms with Gasteiger partial charge in [0.1, 0.15) is 11.6 Å². The monoisotopic (exact) mass is 406 g/mol. The van der Waals surface area contributed by atoms with Gasteiger partial charge < -0.3 is 5.32 Å². The van der Waals surface area contributed by atoms with E-state index in [1.807, 2.05) is 24.3 Å². The van der Waals surface area contributed by atoms with Crippen LogP contribution in [-0.2, 0) is 6.42 Å². The van der Waals surface area contributed by atoms with Gasteiger partial charge in [0.25, 0.3) is 5.91 Å². The van der Waals surface area contributed by atoms with Gasteiger partial charge in [-0.1, -0.05) is 19.1 Å². The number of carbonyl (C=O) groups excluding carboxylic acids is 1. The van der Waals surface area contributed by atoms with Gasteiger partial charge in [-0.3, -0.25) is 4.79 Å². The maximum atomic E-state index is 14.0. The molecule has 0 saturated carbocycles. The summed E-state index contributed by atoms with van der Waals surface area (Å²) in [4.78, 5) is 17.5. The molecule has 30 heavy (non-hydrogen) atoms. The number of halogens is 2. The second kappa shape index (κ2) is 7.67. The largest absolute Gasteiger partial charge is 0.319 e. The Morgan fingerprint density at radius 1 is 1.07 bits per heavy atom. The maximum absolute atomic E-state index is 14.0. The molecule has 7 heteroatoms. The number of amides is 1. The summed E-state index contributed by atoms with van der Waals surface area (Å²) < 4.78 is 29.2. The van der Waals surface area contributed by atoms with Crippen LogP contribution >= 0.6 is 0 Å². The first kappa shape index (κ1) is 19.7. The first-order valence-electron chi connectivity index (χ1n) is 9.60. The number of aromatic nitrogens is 3. The lowest BCUT2D eigenvalue weighted by Gasteiger charge is -2.09. The second-order valence-electron chi connectivity index (χ2n) is 7.11. The smallest absolute Gasteiger partial charge is 0.256 e. The van der Waals surface area contributed by atoms with Crippen LogP contribution in [0.2, 0.25) is 0 Å². The number of anilines is 1. The molecular weight excluding hydrogens is 386 g/mol. The summed E-state index contributed by atoms with van der Waals surface area (Å²) in [5.74, 6) is -1.91. The van der Waals surface area contributed by atoms with Gasteiger partial charge in [0.2, 0.25) is 0 Å². The molecule has 4 rings (SSSR count). The highest BCUT2D eigenvalue weighted by atomic mass is 19.1. The van der Waals surface area contributed by atoms with E-state index in [0.29, 0.717) is 28.0 Å². The van der Waals surface area contributed by atoms with Gasteiger partial charge in [-0.25, -0.2) is 18.4 Å². The number of hydrogen-bond donors (Lipinski definition) is 1. The predicted molar refractivity (Wildman–Crippen MR) is 112 cm³/mol. The molecule has 0 radical (unpaired) electrons. The number of pyridine rings is 1. The molecule has 4 aromatic rings. The Morgan fingerprint density at radius 3 is 2.50 bits per heavy atom. The van der Waals surface area contributed by atoms with Crippen molar-refractivity contribution in [3.63, 3.8) is 0 Å². The van der Waals surface area contributed by atoms with Gasteiger partial charge >= 0.3 is 0 Å². The fraction of sp³-hybridized carbons (Fsp3) is 0.174. The number of benzene rings is 2. The lowest BCUT2D eigenvalue weighted by molar-refractivity contribution is 0.102. The Kier molecular flexibility index (Phi) is 5.03. The lowest BCUT2D eigenvalue weighted by Crippen LogP contribution is -2.14. The molecule has 2 aromatic heterocycles. The van der Waals surface area contributed by atoms with Crippen molar-refractivity contribution in [1.29, 1.82) is 0 Å². The van der Waals surface area contributed by atoms with Crippen LogP contribution in [0.4, 0.5) is 14.5 Å². The molecule has 2 aromatic carbocycles. The number of fused-ring (bicyclic) bond motifs is 1. The lowest BCUT2D eigenvalue weighted by atomic mass is 10.1. The molecule has 152 valence electrons. The summed E-state index contributed by atoms with van der Waals surface area (Å²) in [5, 5.41) is 7.60. The molecule has 2 heterocycles. The molecule has 0 saturated heterocycles. The molecule has 0 atom stereocenters. The maximum Gasteiger partial charge on any atom is 0.256 e. The van der Waals surface area contributed by atoms with Crippen molar-refractivity contribution in [2.75, 3.05) is 5.32 Å². The summed E-state index contributed by atoms with van der Waals surface area (Å²) >= 11 is 0. The van der Waals surface area contributed by atoms with E-state index in [0.717, 1.165) is 30.3 Å². The van der Waals surface area contributed by atoms with Crippen molar-refractivity contribution in [3.05, 3.63) is 82.7 Å². The van der Waals surface area contributed by atoms with Crippen molar-refractivity contribution < 1.29 is 13.6 Å². The van der Waals surface area contributed by atoms with E-state index in [-0.39, 0.29) is 5.69 Å². The zero-order chi connectivity index (χ0) is 21.4. The Hall–Kier alpha value is -3.61. The van der Waals surface area contributed by atoms with Gasteiger partial charge in [0.05, 0.1) is 28.0 Å². The van der Waals surface area contributed by atoms with Crippen LogP contribution in [0.25, 0.3) is 16.7 Å². The van der Waals surface area contributed by atoms with Gasteiger partial charge in [0.15, 0.2) is 5.65 Å². The molecule has 0 spiro atoms. The van der Waals surface area contributed by atoms with Crippen LogP contribution < -0.4 is 5.32 Å². The minimum absolute atomic E-state index is 0.220. The van der Waals surface area contributed by atoms with Crippen LogP contribution in [0.3, 0.4) is 0 Å². The third-order valence-electron chi connectivity index (χ3n) is 4.95. The number of nitrogens with one attached hydrogen (secondary N) is 1. The minimum Gasteiger partial charge on any atom is -0.319 e. The van der Waals surface area contributed by atoms with E-state index >= 15 is 0 Å². The summed E-state index contributed by atoms with van der Waals surface area (Å²) in [6, 6.07) is 12.5. The van der Waals surface area contributed by atoms with Crippen molar-refractivity contribution in [3.8, 4) is 5.69 Å². The predicted octanol–water partition coefficient (Wildman–Crippen LogP) is 5.13. The zero-order valence-corrected chi connectivity index (χ0v) is 16.8. The van der Waals surface area contributed by atoms with Gasteiger partial charge in [0, 0.05) is 11.8 Å². The van der Waals surface area contributed by atoms with E-state index in [1.165, 1.54) is 5.56 Å². The molecule has 0 aliphatic heterocycles. The molecule has 0 bridgehead atoms. The normalized spacial score (nSPS) is 11.1. The van der Waals surface area contributed by atoms with E-state index in [2.05, 4.69) is 22.3 Å². The van der Waals surface area contributed by atoms with Gasteiger partial charge in [-0.15, -0.1) is 0 Å². The summed E-state index contributed by atoms with van der Waals surface area (Å²) in [6.45, 7) is 5.64. The summed E-state index contributed by atoms with van der Waals surface area (Å²) in [7, 11) is 0. The first-order chi connectivity index (χ1) is 14.4. The molecule has 1 N–H and O–H groups in total. The summed E-state index contributed by atoms with van der Waals surface area (Å²) in [5.41, 5.74) is 3.86. The number of nitrogens with zero attached hydrogens (tertiary/aromatic N) is 3. The average molecular weight is 406 g/mol. The van der Waals surface area contributed by atoms with E-state index in [9.17, 15) is 13.6 Å². The van der Waals surface area contributed by atoms with E-state index in [1.54, 1.807) is 24.6 Å². The average Bonchev–Trinajstić information content (AvgIpc) is 3.06. The van der Waals surface area contributed by atoms with Crippen molar-refractivity contribution >= 4 is 22.6 Å². The minimum atomic E-state index is -0.713. The quantitative estimate of drug-likeness (QED) is 0.511. The van der Waals surface area contributed by atoms with Crippen molar-refractivity contribution in [1.82, 2.24) is 14.8 Å². The zero-order valence-electron chi connectivity index (χ0n) is 16.8. The number of rotatable bonds is 4. The van der Waals surface area contributed by atoms with E-state index < -0.39 is 17.5 Å². The Morgan fingerprint density at radius 2 is 1.80 bits per heavy atom. The second-order valence-corrected chi connectivity index (χ2v) is 7.11. The number of hydrogen-bond acceptors (Lipinski definition) is 3. The topological polar surface area (TPSA) is 59.8 Å². The Bertz CT molecular complexity index is 1260. The Labute approximate surface area is 172 Å². The summed E-state index contributed by atoms with van der Waals surface area (Å²) in [6.07, 6.45) is 0.928. The first-order valence-corrected chi connectivity index (χ1v) is 9.60. The molecule has 0 aliphatic carbocycles. The fourth-order valence-corrected chi connectivity index (χ4v) is 3.43. The van der Waals surface area contributed by atoms with Crippen LogP contribution in [-0.4, -0.2) is 20.7 Å². The molecule has 0 aliphatic rings. The van der Waals surface area contributed by atoms with Crippen LogP contribution in [0, 0.1) is 25.5 Å². The van der Waals surface area contributed by atoms with Gasteiger partial charge in [-0.05, 0) is 56.2 Å². The van der Waals surface area contributed by atoms with E-state index in [4.69, 9.17) is 0 Å². The SMILES string of the molecule is CCc1ccc(-n2nc(C)c3c(C(=O)Nc4cc(F)ccc4F)cc(C)nc32)cc1. The highest BCUT2D eigenvalue weighted by molar-refractivity contribution is 6.12. The molecule has 1 amide bonds. The Balaban J connectivity index is 1.82.